The van der Waals surface area contributed by atoms with Crippen molar-refractivity contribution in [2.45, 2.75) is 26.8 Å². The molecule has 0 spiro atoms. The summed E-state index contributed by atoms with van der Waals surface area (Å²) in [7, 11) is 0. The first-order valence-corrected chi connectivity index (χ1v) is 11.6. The SMILES string of the molecule is CCc1cccc(NC(=O)Cn2cnc3c(sc4nc(C)cc(-c5ccccc5)c43)c2=O)c1. The molecule has 0 aliphatic carbocycles. The van der Waals surface area contributed by atoms with Gasteiger partial charge in [-0.25, -0.2) is 9.97 Å². The summed E-state index contributed by atoms with van der Waals surface area (Å²) in [4.78, 5) is 35.9. The molecule has 33 heavy (non-hydrogen) atoms. The second-order valence-electron chi connectivity index (χ2n) is 7.92. The van der Waals surface area contributed by atoms with E-state index in [9.17, 15) is 9.59 Å². The fraction of sp³-hybridized carbons (Fsp3) is 0.154. The molecule has 3 heterocycles. The number of hydrogen-bond acceptors (Lipinski definition) is 5. The smallest absolute Gasteiger partial charge is 0.271 e. The van der Waals surface area contributed by atoms with Crippen molar-refractivity contribution in [1.29, 1.82) is 0 Å². The summed E-state index contributed by atoms with van der Waals surface area (Å²) in [6.07, 6.45) is 2.33. The predicted octanol–water partition coefficient (Wildman–Crippen LogP) is 5.18. The fourth-order valence-electron chi connectivity index (χ4n) is 3.97. The number of pyridine rings is 1. The molecule has 0 fully saturated rings. The number of aryl methyl sites for hydroxylation is 2. The van der Waals surface area contributed by atoms with Crippen LogP contribution in [0.1, 0.15) is 18.2 Å². The lowest BCUT2D eigenvalue weighted by atomic mass is 10.0. The van der Waals surface area contributed by atoms with Crippen molar-refractivity contribution in [3.8, 4) is 11.1 Å². The molecule has 0 unspecified atom stereocenters. The molecule has 0 bridgehead atoms. The van der Waals surface area contributed by atoms with Crippen LogP contribution in [0.2, 0.25) is 0 Å². The van der Waals surface area contributed by atoms with Crippen LogP contribution >= 0.6 is 11.3 Å². The van der Waals surface area contributed by atoms with Crippen molar-refractivity contribution in [2.24, 2.45) is 0 Å². The number of benzene rings is 2. The number of thiophene rings is 1. The van der Waals surface area contributed by atoms with Crippen molar-refractivity contribution in [1.82, 2.24) is 14.5 Å². The minimum absolute atomic E-state index is 0.107. The number of aromatic nitrogens is 3. The maximum absolute atomic E-state index is 13.2. The summed E-state index contributed by atoms with van der Waals surface area (Å²) < 4.78 is 1.86. The van der Waals surface area contributed by atoms with Gasteiger partial charge in [0.1, 0.15) is 16.1 Å². The van der Waals surface area contributed by atoms with Gasteiger partial charge in [0, 0.05) is 16.8 Å². The highest BCUT2D eigenvalue weighted by Crippen LogP contribution is 2.37. The first kappa shape index (κ1) is 21.0. The van der Waals surface area contributed by atoms with Crippen molar-refractivity contribution in [2.75, 3.05) is 5.32 Å². The van der Waals surface area contributed by atoms with Crippen LogP contribution in [0.25, 0.3) is 31.6 Å². The normalized spacial score (nSPS) is 11.2. The zero-order chi connectivity index (χ0) is 22.9. The summed E-state index contributed by atoms with van der Waals surface area (Å²) in [5.41, 5.74) is 5.17. The molecule has 6 nitrogen and oxygen atoms in total. The molecule has 7 heteroatoms. The van der Waals surface area contributed by atoms with E-state index in [4.69, 9.17) is 0 Å². The molecule has 5 rings (SSSR count). The number of hydrogen-bond donors (Lipinski definition) is 1. The van der Waals surface area contributed by atoms with Gasteiger partial charge in [-0.3, -0.25) is 14.2 Å². The Bertz CT molecular complexity index is 1550. The van der Waals surface area contributed by atoms with E-state index in [1.54, 1.807) is 0 Å². The minimum atomic E-state index is -0.272. The summed E-state index contributed by atoms with van der Waals surface area (Å²) in [5.74, 6) is -0.272. The third-order valence-corrected chi connectivity index (χ3v) is 6.62. The van der Waals surface area contributed by atoms with Gasteiger partial charge in [0.05, 0.1) is 11.8 Å². The Labute approximate surface area is 194 Å². The van der Waals surface area contributed by atoms with Crippen LogP contribution in [0, 0.1) is 6.92 Å². The van der Waals surface area contributed by atoms with Crippen molar-refractivity contribution in [3.05, 3.63) is 88.6 Å². The maximum atomic E-state index is 13.2. The molecule has 0 aliphatic rings. The number of carbonyl (C=O) groups is 1. The van der Waals surface area contributed by atoms with Gasteiger partial charge in [0.25, 0.3) is 5.56 Å². The maximum Gasteiger partial charge on any atom is 0.271 e. The van der Waals surface area contributed by atoms with Gasteiger partial charge in [-0.15, -0.1) is 11.3 Å². The lowest BCUT2D eigenvalue weighted by molar-refractivity contribution is -0.116. The molecule has 0 saturated heterocycles. The topological polar surface area (TPSA) is 76.9 Å². The van der Waals surface area contributed by atoms with Gasteiger partial charge in [-0.2, -0.15) is 0 Å². The predicted molar refractivity (Wildman–Crippen MR) is 134 cm³/mol. The molecule has 1 N–H and O–H groups in total. The second kappa shape index (κ2) is 8.60. The first-order chi connectivity index (χ1) is 16.0. The third kappa shape index (κ3) is 4.03. The van der Waals surface area contributed by atoms with E-state index < -0.39 is 0 Å². The van der Waals surface area contributed by atoms with Gasteiger partial charge < -0.3 is 5.32 Å². The third-order valence-electron chi connectivity index (χ3n) is 5.56. The van der Waals surface area contributed by atoms with Crippen LogP contribution in [0.4, 0.5) is 5.69 Å². The van der Waals surface area contributed by atoms with E-state index in [2.05, 4.69) is 22.2 Å². The molecule has 3 aromatic heterocycles. The zero-order valence-corrected chi connectivity index (χ0v) is 19.1. The quantitative estimate of drug-likeness (QED) is 0.397. The standard InChI is InChI=1S/C26H22N4O2S/c1-3-17-8-7-11-19(13-17)29-21(31)14-30-15-27-23-22-20(18-9-5-4-6-10-18)12-16(2)28-25(22)33-24(23)26(30)32/h4-13,15H,3,14H2,1-2H3,(H,29,31). The Morgan fingerprint density at radius 3 is 2.70 bits per heavy atom. The fourth-order valence-corrected chi connectivity index (χ4v) is 5.11. The van der Waals surface area contributed by atoms with E-state index in [1.165, 1.54) is 22.2 Å². The van der Waals surface area contributed by atoms with Crippen LogP contribution in [-0.2, 0) is 17.8 Å². The Hall–Kier alpha value is -3.84. The lowest BCUT2D eigenvalue weighted by Gasteiger charge is -2.08. The second-order valence-corrected chi connectivity index (χ2v) is 8.92. The molecule has 1 amide bonds. The lowest BCUT2D eigenvalue weighted by Crippen LogP contribution is -2.27. The summed E-state index contributed by atoms with van der Waals surface area (Å²) in [5, 5.41) is 3.74. The molecule has 0 atom stereocenters. The van der Waals surface area contributed by atoms with E-state index >= 15 is 0 Å². The Morgan fingerprint density at radius 2 is 1.91 bits per heavy atom. The van der Waals surface area contributed by atoms with Crippen LogP contribution in [0.3, 0.4) is 0 Å². The Morgan fingerprint density at radius 1 is 1.09 bits per heavy atom. The molecule has 0 aliphatic heterocycles. The van der Waals surface area contributed by atoms with E-state index in [0.29, 0.717) is 10.2 Å². The summed E-state index contributed by atoms with van der Waals surface area (Å²) >= 11 is 1.32. The van der Waals surface area contributed by atoms with Gasteiger partial charge >= 0.3 is 0 Å². The van der Waals surface area contributed by atoms with Gasteiger partial charge in [0.2, 0.25) is 5.91 Å². The van der Waals surface area contributed by atoms with E-state index in [1.807, 2.05) is 67.6 Å². The van der Waals surface area contributed by atoms with Crippen LogP contribution in [0.5, 0.6) is 0 Å². The van der Waals surface area contributed by atoms with Crippen molar-refractivity contribution in [3.63, 3.8) is 0 Å². The Balaban J connectivity index is 1.53. The van der Waals surface area contributed by atoms with Gasteiger partial charge in [-0.05, 0) is 48.2 Å². The monoisotopic (exact) mass is 454 g/mol. The number of fused-ring (bicyclic) bond motifs is 3. The van der Waals surface area contributed by atoms with Crippen LogP contribution in [-0.4, -0.2) is 20.4 Å². The highest BCUT2D eigenvalue weighted by atomic mass is 32.1. The summed E-state index contributed by atoms with van der Waals surface area (Å²) in [6, 6.07) is 19.7. The van der Waals surface area contributed by atoms with Crippen molar-refractivity contribution >= 4 is 43.4 Å². The summed E-state index contributed by atoms with van der Waals surface area (Å²) in [6.45, 7) is 3.90. The number of anilines is 1. The van der Waals surface area contributed by atoms with Crippen LogP contribution in [0.15, 0.2) is 71.8 Å². The molecular formula is C26H22N4O2S. The molecule has 5 aromatic rings. The highest BCUT2D eigenvalue weighted by molar-refractivity contribution is 7.25. The molecule has 164 valence electrons. The number of amides is 1. The Kier molecular flexibility index (Phi) is 5.48. The molecule has 2 aromatic carbocycles. The number of nitrogens with zero attached hydrogens (tertiary/aromatic N) is 3. The number of carbonyl (C=O) groups excluding carboxylic acids is 1. The van der Waals surface area contributed by atoms with Crippen LogP contribution < -0.4 is 10.9 Å². The number of nitrogens with one attached hydrogen (secondary N) is 1. The van der Waals surface area contributed by atoms with Crippen molar-refractivity contribution < 1.29 is 4.79 Å². The minimum Gasteiger partial charge on any atom is -0.325 e. The molecule has 0 radical (unpaired) electrons. The first-order valence-electron chi connectivity index (χ1n) is 10.8. The largest absolute Gasteiger partial charge is 0.325 e. The van der Waals surface area contributed by atoms with Gasteiger partial charge in [0.15, 0.2) is 0 Å². The average molecular weight is 455 g/mol. The van der Waals surface area contributed by atoms with Gasteiger partial charge in [-0.1, -0.05) is 49.4 Å². The molecule has 0 saturated carbocycles. The zero-order valence-electron chi connectivity index (χ0n) is 18.3. The highest BCUT2D eigenvalue weighted by Gasteiger charge is 2.18. The molecular weight excluding hydrogens is 432 g/mol. The van der Waals surface area contributed by atoms with E-state index in [0.717, 1.165) is 44.7 Å². The average Bonchev–Trinajstić information content (AvgIpc) is 3.20. The number of rotatable bonds is 5. The van der Waals surface area contributed by atoms with E-state index in [-0.39, 0.29) is 18.0 Å².